The zero-order chi connectivity index (χ0) is 10.4. The third kappa shape index (κ3) is 3.21. The van der Waals surface area contributed by atoms with Gasteiger partial charge in [-0.1, -0.05) is 0 Å². The molecule has 1 heterocycles. The number of nitrogens with one attached hydrogen (secondary N) is 4. The van der Waals surface area contributed by atoms with E-state index in [0.29, 0.717) is 6.54 Å². The van der Waals surface area contributed by atoms with E-state index < -0.39 is 0 Å². The van der Waals surface area contributed by atoms with E-state index in [1.54, 1.807) is 11.9 Å². The molecular formula is C8H17N5O. The number of urea groups is 1. The summed E-state index contributed by atoms with van der Waals surface area (Å²) < 4.78 is 0. The topological polar surface area (TPSA) is 80.2 Å². The Kier molecular flexibility index (Phi) is 4.18. The molecule has 0 aromatic heterocycles. The van der Waals surface area contributed by atoms with Crippen molar-refractivity contribution in [1.82, 2.24) is 20.9 Å². The van der Waals surface area contributed by atoms with Gasteiger partial charge in [-0.05, 0) is 13.0 Å². The van der Waals surface area contributed by atoms with Gasteiger partial charge < -0.3 is 15.5 Å². The van der Waals surface area contributed by atoms with E-state index in [1.165, 1.54) is 0 Å². The zero-order valence-corrected chi connectivity index (χ0v) is 8.39. The molecular weight excluding hydrogens is 182 g/mol. The Morgan fingerprint density at radius 1 is 1.43 bits per heavy atom. The molecule has 0 bridgehead atoms. The first-order valence-corrected chi connectivity index (χ1v) is 4.77. The van der Waals surface area contributed by atoms with Crippen molar-refractivity contribution in [3.05, 3.63) is 0 Å². The molecule has 6 heteroatoms. The summed E-state index contributed by atoms with van der Waals surface area (Å²) in [5.41, 5.74) is 0. The summed E-state index contributed by atoms with van der Waals surface area (Å²) in [6.45, 7) is 3.21. The van der Waals surface area contributed by atoms with Crippen LogP contribution in [0.1, 0.15) is 6.42 Å². The van der Waals surface area contributed by atoms with Crippen LogP contribution in [0.4, 0.5) is 4.79 Å². The van der Waals surface area contributed by atoms with Crippen molar-refractivity contribution in [3.63, 3.8) is 0 Å². The van der Waals surface area contributed by atoms with Gasteiger partial charge in [-0.2, -0.15) is 0 Å². The lowest BCUT2D eigenvalue weighted by molar-refractivity contribution is 0.206. The molecule has 1 aliphatic rings. The second kappa shape index (κ2) is 5.43. The quantitative estimate of drug-likeness (QED) is 0.303. The highest BCUT2D eigenvalue weighted by atomic mass is 16.2. The number of nitrogens with zero attached hydrogens (tertiary/aromatic N) is 1. The molecule has 1 fully saturated rings. The van der Waals surface area contributed by atoms with Gasteiger partial charge in [-0.15, -0.1) is 0 Å². The number of amides is 2. The molecule has 2 amide bonds. The lowest BCUT2D eigenvalue weighted by Crippen LogP contribution is -2.47. The van der Waals surface area contributed by atoms with Gasteiger partial charge in [0, 0.05) is 26.7 Å². The molecule has 80 valence electrons. The SMILES string of the molecule is CNC(=N)NC(=O)N1CCCNCC1. The third-order valence-electron chi connectivity index (χ3n) is 2.11. The predicted molar refractivity (Wildman–Crippen MR) is 54.4 cm³/mol. The Morgan fingerprint density at radius 3 is 2.93 bits per heavy atom. The number of rotatable bonds is 0. The fraction of sp³-hybridized carbons (Fsp3) is 0.750. The second-order valence-electron chi connectivity index (χ2n) is 3.15. The van der Waals surface area contributed by atoms with Crippen molar-refractivity contribution < 1.29 is 4.79 Å². The Labute approximate surface area is 83.5 Å². The Morgan fingerprint density at radius 2 is 2.21 bits per heavy atom. The first kappa shape index (κ1) is 10.8. The van der Waals surface area contributed by atoms with Gasteiger partial charge in [0.05, 0.1) is 0 Å². The standard InChI is InChI=1S/C8H17N5O/c1-10-7(9)12-8(14)13-5-2-3-11-4-6-13/h11H,2-6H2,1H3,(H3,9,10,12,14). The highest BCUT2D eigenvalue weighted by Crippen LogP contribution is 1.95. The average molecular weight is 199 g/mol. The molecule has 1 rings (SSSR count). The van der Waals surface area contributed by atoms with Crippen LogP contribution in [-0.2, 0) is 0 Å². The summed E-state index contributed by atoms with van der Waals surface area (Å²) in [5.74, 6) is 0.0345. The molecule has 0 radical (unpaired) electrons. The van der Waals surface area contributed by atoms with Gasteiger partial charge in [0.2, 0.25) is 0 Å². The molecule has 1 aliphatic heterocycles. The Bertz CT molecular complexity index is 210. The molecule has 0 saturated carbocycles. The second-order valence-corrected chi connectivity index (χ2v) is 3.15. The number of hydrogen-bond acceptors (Lipinski definition) is 3. The summed E-state index contributed by atoms with van der Waals surface area (Å²) in [7, 11) is 1.60. The first-order chi connectivity index (χ1) is 6.74. The molecule has 0 aromatic rings. The smallest absolute Gasteiger partial charge is 0.324 e. The maximum Gasteiger partial charge on any atom is 0.324 e. The average Bonchev–Trinajstić information content (AvgIpc) is 2.45. The van der Waals surface area contributed by atoms with Crippen LogP contribution in [0.5, 0.6) is 0 Å². The van der Waals surface area contributed by atoms with Gasteiger partial charge in [0.25, 0.3) is 0 Å². The molecule has 0 unspecified atom stereocenters. The van der Waals surface area contributed by atoms with Crippen LogP contribution in [0.15, 0.2) is 0 Å². The van der Waals surface area contributed by atoms with E-state index in [2.05, 4.69) is 16.0 Å². The van der Waals surface area contributed by atoms with Crippen molar-refractivity contribution in [2.75, 3.05) is 33.2 Å². The van der Waals surface area contributed by atoms with Crippen LogP contribution in [0, 0.1) is 5.41 Å². The van der Waals surface area contributed by atoms with Crippen molar-refractivity contribution >= 4 is 12.0 Å². The van der Waals surface area contributed by atoms with E-state index in [1.807, 2.05) is 0 Å². The maximum atomic E-state index is 11.5. The minimum atomic E-state index is -0.201. The fourth-order valence-corrected chi connectivity index (χ4v) is 1.30. The molecule has 14 heavy (non-hydrogen) atoms. The number of hydrogen-bond donors (Lipinski definition) is 4. The van der Waals surface area contributed by atoms with E-state index >= 15 is 0 Å². The van der Waals surface area contributed by atoms with E-state index in [0.717, 1.165) is 26.1 Å². The molecule has 4 N–H and O–H groups in total. The van der Waals surface area contributed by atoms with Crippen LogP contribution < -0.4 is 16.0 Å². The lowest BCUT2D eigenvalue weighted by Gasteiger charge is -2.20. The summed E-state index contributed by atoms with van der Waals surface area (Å²) >= 11 is 0. The van der Waals surface area contributed by atoms with Crippen LogP contribution in [-0.4, -0.2) is 50.1 Å². The van der Waals surface area contributed by atoms with Crippen molar-refractivity contribution in [2.45, 2.75) is 6.42 Å². The van der Waals surface area contributed by atoms with E-state index in [9.17, 15) is 4.79 Å². The first-order valence-electron chi connectivity index (χ1n) is 4.77. The number of carbonyl (C=O) groups is 1. The van der Waals surface area contributed by atoms with Gasteiger partial charge in [-0.3, -0.25) is 10.7 Å². The predicted octanol–water partition coefficient (Wildman–Crippen LogP) is -0.855. The Balaban J connectivity index is 2.38. The van der Waals surface area contributed by atoms with Crippen molar-refractivity contribution in [1.29, 1.82) is 5.41 Å². The van der Waals surface area contributed by atoms with Gasteiger partial charge >= 0.3 is 6.03 Å². The normalized spacial score (nSPS) is 17.1. The van der Waals surface area contributed by atoms with Gasteiger partial charge in [-0.25, -0.2) is 4.79 Å². The summed E-state index contributed by atoms with van der Waals surface area (Å²) in [6, 6.07) is -0.201. The molecule has 0 atom stereocenters. The highest BCUT2D eigenvalue weighted by molar-refractivity contribution is 5.94. The maximum absolute atomic E-state index is 11.5. The van der Waals surface area contributed by atoms with Crippen LogP contribution in [0.3, 0.4) is 0 Å². The third-order valence-corrected chi connectivity index (χ3v) is 2.11. The van der Waals surface area contributed by atoms with E-state index in [4.69, 9.17) is 5.41 Å². The summed E-state index contributed by atoms with van der Waals surface area (Å²) in [5, 5.41) is 15.5. The lowest BCUT2D eigenvalue weighted by atomic mass is 10.4. The van der Waals surface area contributed by atoms with Crippen LogP contribution in [0.25, 0.3) is 0 Å². The highest BCUT2D eigenvalue weighted by Gasteiger charge is 2.15. The largest absolute Gasteiger partial charge is 0.359 e. The fourth-order valence-electron chi connectivity index (χ4n) is 1.30. The molecule has 0 aliphatic carbocycles. The number of carbonyl (C=O) groups excluding carboxylic acids is 1. The van der Waals surface area contributed by atoms with Crippen molar-refractivity contribution in [3.8, 4) is 0 Å². The monoisotopic (exact) mass is 199 g/mol. The Hall–Kier alpha value is -1.30. The van der Waals surface area contributed by atoms with Crippen molar-refractivity contribution in [2.24, 2.45) is 0 Å². The van der Waals surface area contributed by atoms with Crippen LogP contribution >= 0.6 is 0 Å². The van der Waals surface area contributed by atoms with E-state index in [-0.39, 0.29) is 12.0 Å². The molecule has 6 nitrogen and oxygen atoms in total. The molecule has 0 aromatic carbocycles. The molecule has 0 spiro atoms. The van der Waals surface area contributed by atoms with Gasteiger partial charge in [0.1, 0.15) is 0 Å². The van der Waals surface area contributed by atoms with Gasteiger partial charge in [0.15, 0.2) is 5.96 Å². The number of guanidine groups is 1. The zero-order valence-electron chi connectivity index (χ0n) is 8.39. The minimum Gasteiger partial charge on any atom is -0.359 e. The molecule has 1 saturated heterocycles. The summed E-state index contributed by atoms with van der Waals surface area (Å²) in [6.07, 6.45) is 0.959. The minimum absolute atomic E-state index is 0.0345. The van der Waals surface area contributed by atoms with Crippen LogP contribution in [0.2, 0.25) is 0 Å². The summed E-state index contributed by atoms with van der Waals surface area (Å²) in [4.78, 5) is 13.2.